The van der Waals surface area contributed by atoms with Crippen molar-refractivity contribution in [2.75, 3.05) is 13.1 Å². The molecule has 1 saturated carbocycles. The summed E-state index contributed by atoms with van der Waals surface area (Å²) in [7, 11) is 0. The molecule has 2 fully saturated rings. The summed E-state index contributed by atoms with van der Waals surface area (Å²) in [5.41, 5.74) is 0.350. The lowest BCUT2D eigenvalue weighted by Gasteiger charge is -2.41. The van der Waals surface area contributed by atoms with Gasteiger partial charge in [-0.2, -0.15) is 0 Å². The van der Waals surface area contributed by atoms with Gasteiger partial charge in [0.1, 0.15) is 0 Å². The standard InChI is InChI=1S/C17H32N2O/c1-13(20)19-11-14(10-17(2,3)4)9-16(12-19)18-15-7-5-6-8-15/h14-16,18H,5-12H2,1-4H3. The zero-order valence-electron chi connectivity index (χ0n) is 13.7. The molecule has 0 aromatic rings. The zero-order chi connectivity index (χ0) is 14.8. The van der Waals surface area contributed by atoms with Gasteiger partial charge in [-0.3, -0.25) is 4.79 Å². The fraction of sp³-hybridized carbons (Fsp3) is 0.941. The second-order valence-electron chi connectivity index (χ2n) is 8.14. The quantitative estimate of drug-likeness (QED) is 0.861. The third-order valence-electron chi connectivity index (χ3n) is 4.71. The van der Waals surface area contributed by atoms with E-state index in [4.69, 9.17) is 0 Å². The van der Waals surface area contributed by atoms with Gasteiger partial charge in [-0.25, -0.2) is 0 Å². The zero-order valence-corrected chi connectivity index (χ0v) is 13.7. The summed E-state index contributed by atoms with van der Waals surface area (Å²) in [6, 6.07) is 1.20. The summed E-state index contributed by atoms with van der Waals surface area (Å²) in [5, 5.41) is 3.82. The first-order valence-corrected chi connectivity index (χ1v) is 8.35. The molecular formula is C17H32N2O. The molecule has 2 aliphatic rings. The Morgan fingerprint density at radius 3 is 2.35 bits per heavy atom. The van der Waals surface area contributed by atoms with Crippen LogP contribution in [0.15, 0.2) is 0 Å². The van der Waals surface area contributed by atoms with Crippen molar-refractivity contribution in [2.24, 2.45) is 11.3 Å². The van der Waals surface area contributed by atoms with Crippen LogP contribution in [0.2, 0.25) is 0 Å². The largest absolute Gasteiger partial charge is 0.341 e. The maximum atomic E-state index is 11.8. The molecule has 0 aromatic heterocycles. The number of nitrogens with zero attached hydrogens (tertiary/aromatic N) is 1. The van der Waals surface area contributed by atoms with Crippen molar-refractivity contribution in [3.63, 3.8) is 0 Å². The van der Waals surface area contributed by atoms with E-state index in [9.17, 15) is 4.79 Å². The highest BCUT2D eigenvalue weighted by atomic mass is 16.2. The van der Waals surface area contributed by atoms with Gasteiger partial charge in [0.25, 0.3) is 0 Å². The molecule has 1 heterocycles. The molecular weight excluding hydrogens is 248 g/mol. The number of likely N-dealkylation sites (tertiary alicyclic amines) is 1. The molecule has 2 unspecified atom stereocenters. The fourth-order valence-electron chi connectivity index (χ4n) is 4.02. The predicted octanol–water partition coefficient (Wildman–Crippen LogP) is 3.19. The van der Waals surface area contributed by atoms with Gasteiger partial charge in [0.2, 0.25) is 5.91 Å². The van der Waals surface area contributed by atoms with Crippen molar-refractivity contribution >= 4 is 5.91 Å². The number of carbonyl (C=O) groups excluding carboxylic acids is 1. The van der Waals surface area contributed by atoms with Gasteiger partial charge in [0, 0.05) is 32.1 Å². The molecule has 116 valence electrons. The number of carbonyl (C=O) groups is 1. The van der Waals surface area contributed by atoms with E-state index in [1.54, 1.807) is 6.92 Å². The van der Waals surface area contributed by atoms with E-state index in [1.165, 1.54) is 38.5 Å². The Morgan fingerprint density at radius 1 is 1.15 bits per heavy atom. The SMILES string of the molecule is CC(=O)N1CC(CC(C)(C)C)CC(NC2CCCC2)C1. The van der Waals surface area contributed by atoms with E-state index in [0.29, 0.717) is 23.4 Å². The van der Waals surface area contributed by atoms with Crippen LogP contribution >= 0.6 is 0 Å². The van der Waals surface area contributed by atoms with E-state index in [0.717, 1.165) is 13.1 Å². The van der Waals surface area contributed by atoms with Crippen molar-refractivity contribution in [3.05, 3.63) is 0 Å². The number of hydrogen-bond donors (Lipinski definition) is 1. The molecule has 2 atom stereocenters. The molecule has 2 rings (SSSR count). The Bertz CT molecular complexity index is 328. The maximum Gasteiger partial charge on any atom is 0.219 e. The summed E-state index contributed by atoms with van der Waals surface area (Å²) in [4.78, 5) is 13.9. The van der Waals surface area contributed by atoms with Gasteiger partial charge in [-0.05, 0) is 37.0 Å². The van der Waals surface area contributed by atoms with Crippen LogP contribution in [0.3, 0.4) is 0 Å². The molecule has 1 aliphatic heterocycles. The van der Waals surface area contributed by atoms with Crippen molar-refractivity contribution < 1.29 is 4.79 Å². The Balaban J connectivity index is 1.94. The fourth-order valence-corrected chi connectivity index (χ4v) is 4.02. The normalized spacial score (nSPS) is 28.9. The second kappa shape index (κ2) is 6.46. The third-order valence-corrected chi connectivity index (χ3v) is 4.71. The highest BCUT2D eigenvalue weighted by Crippen LogP contribution is 2.31. The molecule has 3 nitrogen and oxygen atoms in total. The third kappa shape index (κ3) is 4.76. The molecule has 1 amide bonds. The number of amides is 1. The predicted molar refractivity (Wildman–Crippen MR) is 83.6 cm³/mol. The lowest BCUT2D eigenvalue weighted by atomic mass is 9.80. The first-order chi connectivity index (χ1) is 9.33. The van der Waals surface area contributed by atoms with Crippen molar-refractivity contribution in [1.82, 2.24) is 10.2 Å². The van der Waals surface area contributed by atoms with Gasteiger partial charge < -0.3 is 10.2 Å². The van der Waals surface area contributed by atoms with Gasteiger partial charge in [-0.1, -0.05) is 33.6 Å². The number of piperidine rings is 1. The van der Waals surface area contributed by atoms with Crippen LogP contribution in [0.4, 0.5) is 0 Å². The molecule has 1 saturated heterocycles. The van der Waals surface area contributed by atoms with E-state index in [1.807, 2.05) is 0 Å². The highest BCUT2D eigenvalue weighted by molar-refractivity contribution is 5.73. The van der Waals surface area contributed by atoms with E-state index in [2.05, 4.69) is 31.0 Å². The Kier molecular flexibility index (Phi) is 5.11. The topological polar surface area (TPSA) is 32.3 Å². The van der Waals surface area contributed by atoms with Gasteiger partial charge >= 0.3 is 0 Å². The van der Waals surface area contributed by atoms with E-state index in [-0.39, 0.29) is 5.91 Å². The molecule has 0 radical (unpaired) electrons. The van der Waals surface area contributed by atoms with E-state index >= 15 is 0 Å². The Hall–Kier alpha value is -0.570. The molecule has 1 N–H and O–H groups in total. The maximum absolute atomic E-state index is 11.8. The highest BCUT2D eigenvalue weighted by Gasteiger charge is 2.32. The van der Waals surface area contributed by atoms with Gasteiger partial charge in [0.15, 0.2) is 0 Å². The molecule has 1 aliphatic carbocycles. The minimum atomic E-state index is 0.238. The monoisotopic (exact) mass is 280 g/mol. The first-order valence-electron chi connectivity index (χ1n) is 8.35. The molecule has 0 spiro atoms. The van der Waals surface area contributed by atoms with Gasteiger partial charge in [-0.15, -0.1) is 0 Å². The molecule has 0 aromatic carbocycles. The minimum absolute atomic E-state index is 0.238. The number of hydrogen-bond acceptors (Lipinski definition) is 2. The summed E-state index contributed by atoms with van der Waals surface area (Å²) in [6.45, 7) is 10.5. The second-order valence-corrected chi connectivity index (χ2v) is 8.14. The van der Waals surface area contributed by atoms with Gasteiger partial charge in [0.05, 0.1) is 0 Å². The molecule has 3 heteroatoms. The average molecular weight is 280 g/mol. The Morgan fingerprint density at radius 2 is 1.80 bits per heavy atom. The van der Waals surface area contributed by atoms with Crippen molar-refractivity contribution in [2.45, 2.75) is 78.3 Å². The number of nitrogens with one attached hydrogen (secondary N) is 1. The Labute approximate surface area is 124 Å². The molecule has 20 heavy (non-hydrogen) atoms. The summed E-state index contributed by atoms with van der Waals surface area (Å²) in [6.07, 6.45) is 7.82. The van der Waals surface area contributed by atoms with Crippen LogP contribution in [-0.2, 0) is 4.79 Å². The minimum Gasteiger partial charge on any atom is -0.341 e. The van der Waals surface area contributed by atoms with Crippen LogP contribution in [0.5, 0.6) is 0 Å². The van der Waals surface area contributed by atoms with Crippen LogP contribution in [0, 0.1) is 11.3 Å². The average Bonchev–Trinajstić information content (AvgIpc) is 2.78. The smallest absolute Gasteiger partial charge is 0.219 e. The van der Waals surface area contributed by atoms with Crippen LogP contribution < -0.4 is 5.32 Å². The van der Waals surface area contributed by atoms with E-state index < -0.39 is 0 Å². The van der Waals surface area contributed by atoms with Crippen LogP contribution in [0.25, 0.3) is 0 Å². The lowest BCUT2D eigenvalue weighted by molar-refractivity contribution is -0.131. The summed E-state index contributed by atoms with van der Waals surface area (Å²) in [5.74, 6) is 0.883. The summed E-state index contributed by atoms with van der Waals surface area (Å²) >= 11 is 0. The molecule has 0 bridgehead atoms. The lowest BCUT2D eigenvalue weighted by Crippen LogP contribution is -2.53. The van der Waals surface area contributed by atoms with Crippen molar-refractivity contribution in [1.29, 1.82) is 0 Å². The van der Waals surface area contributed by atoms with Crippen molar-refractivity contribution in [3.8, 4) is 0 Å². The first kappa shape index (κ1) is 15.8. The summed E-state index contributed by atoms with van der Waals surface area (Å²) < 4.78 is 0. The number of rotatable bonds is 3. The van der Waals surface area contributed by atoms with Crippen LogP contribution in [0.1, 0.15) is 66.2 Å². The van der Waals surface area contributed by atoms with Crippen LogP contribution in [-0.4, -0.2) is 36.0 Å².